The number of methoxy groups -OCH3 is 1. The van der Waals surface area contributed by atoms with Crippen LogP contribution in [0, 0.1) is 5.92 Å². The molecule has 0 fully saturated rings. The molecule has 2 aromatic rings. The molecule has 1 heterocycles. The van der Waals surface area contributed by atoms with E-state index in [9.17, 15) is 4.79 Å². The largest absolute Gasteiger partial charge is 0.497 e. The van der Waals surface area contributed by atoms with Crippen LogP contribution >= 0.6 is 0 Å². The number of benzene rings is 2. The molecule has 0 aromatic heterocycles. The summed E-state index contributed by atoms with van der Waals surface area (Å²) in [6.45, 7) is 4.09. The Morgan fingerprint density at radius 3 is 2.76 bits per heavy atom. The Balaban J connectivity index is 1.77. The van der Waals surface area contributed by atoms with E-state index in [2.05, 4.69) is 36.4 Å². The molecule has 2 aromatic carbocycles. The maximum atomic E-state index is 12.0. The highest BCUT2D eigenvalue weighted by atomic mass is 16.5. The minimum atomic E-state index is -0.336. The SMILES string of the molecule is CCOC(=O)/C=C(\C)N1N=C2c3ccc(OC)cc3CC[C@@H]2[C@H]1c1ccccc1. The lowest BCUT2D eigenvalue weighted by Gasteiger charge is -2.31. The van der Waals surface area contributed by atoms with Gasteiger partial charge in [0.25, 0.3) is 0 Å². The van der Waals surface area contributed by atoms with Gasteiger partial charge in [-0.15, -0.1) is 0 Å². The number of carbonyl (C=O) groups excluding carboxylic acids is 1. The van der Waals surface area contributed by atoms with Crippen LogP contribution in [0.5, 0.6) is 5.75 Å². The van der Waals surface area contributed by atoms with Crippen LogP contribution in [0.3, 0.4) is 0 Å². The second-order valence-corrected chi connectivity index (χ2v) is 7.39. The Hall–Kier alpha value is -3.08. The third kappa shape index (κ3) is 3.65. The van der Waals surface area contributed by atoms with E-state index in [1.165, 1.54) is 22.8 Å². The molecule has 2 aliphatic rings. The number of nitrogens with zero attached hydrogens (tertiary/aromatic N) is 2. The van der Waals surface area contributed by atoms with Gasteiger partial charge in [-0.2, -0.15) is 5.10 Å². The summed E-state index contributed by atoms with van der Waals surface area (Å²) in [7, 11) is 1.69. The van der Waals surface area contributed by atoms with Crippen LogP contribution in [0.15, 0.2) is 65.4 Å². The molecule has 1 aliphatic heterocycles. The van der Waals surface area contributed by atoms with Gasteiger partial charge in [0.05, 0.1) is 25.5 Å². The zero-order valence-electron chi connectivity index (χ0n) is 17.1. The average molecular weight is 390 g/mol. The van der Waals surface area contributed by atoms with Gasteiger partial charge in [-0.1, -0.05) is 30.3 Å². The normalized spacial score (nSPS) is 20.6. The van der Waals surface area contributed by atoms with E-state index < -0.39 is 0 Å². The Labute approximate surface area is 171 Å². The molecule has 0 saturated heterocycles. The minimum Gasteiger partial charge on any atom is -0.497 e. The first-order chi connectivity index (χ1) is 14.1. The second-order valence-electron chi connectivity index (χ2n) is 7.39. The van der Waals surface area contributed by atoms with E-state index in [0.29, 0.717) is 6.61 Å². The number of carbonyl (C=O) groups is 1. The predicted molar refractivity (Wildman–Crippen MR) is 113 cm³/mol. The Morgan fingerprint density at radius 1 is 1.24 bits per heavy atom. The van der Waals surface area contributed by atoms with E-state index in [1.807, 2.05) is 31.0 Å². The van der Waals surface area contributed by atoms with Crippen molar-refractivity contribution in [2.75, 3.05) is 13.7 Å². The van der Waals surface area contributed by atoms with Gasteiger partial charge in [-0.3, -0.25) is 5.01 Å². The van der Waals surface area contributed by atoms with Crippen molar-refractivity contribution >= 4 is 11.7 Å². The zero-order valence-corrected chi connectivity index (χ0v) is 17.1. The molecule has 5 nitrogen and oxygen atoms in total. The Bertz CT molecular complexity index is 965. The first kappa shape index (κ1) is 19.2. The first-order valence-corrected chi connectivity index (χ1v) is 10.1. The van der Waals surface area contributed by atoms with Crippen molar-refractivity contribution in [2.45, 2.75) is 32.7 Å². The summed E-state index contributed by atoms with van der Waals surface area (Å²) < 4.78 is 10.5. The number of ether oxygens (including phenoxy) is 2. The lowest BCUT2D eigenvalue weighted by molar-refractivity contribution is -0.137. The van der Waals surface area contributed by atoms with Crippen molar-refractivity contribution in [2.24, 2.45) is 11.0 Å². The molecule has 150 valence electrons. The molecule has 1 aliphatic carbocycles. The van der Waals surface area contributed by atoms with Crippen LogP contribution < -0.4 is 4.74 Å². The number of hydrogen-bond acceptors (Lipinski definition) is 5. The van der Waals surface area contributed by atoms with Gasteiger partial charge in [0, 0.05) is 23.3 Å². The number of rotatable bonds is 5. The van der Waals surface area contributed by atoms with Crippen LogP contribution in [-0.4, -0.2) is 30.4 Å². The number of fused-ring (bicyclic) bond motifs is 3. The molecular formula is C24H26N2O3. The number of hydrazone groups is 1. The lowest BCUT2D eigenvalue weighted by atomic mass is 9.77. The smallest absolute Gasteiger partial charge is 0.332 e. The molecule has 0 N–H and O–H groups in total. The molecule has 0 saturated carbocycles. The highest BCUT2D eigenvalue weighted by Gasteiger charge is 2.42. The first-order valence-electron chi connectivity index (χ1n) is 10.1. The maximum Gasteiger partial charge on any atom is 0.332 e. The summed E-state index contributed by atoms with van der Waals surface area (Å²) in [4.78, 5) is 12.0. The van der Waals surface area contributed by atoms with Gasteiger partial charge in [-0.25, -0.2) is 4.79 Å². The predicted octanol–water partition coefficient (Wildman–Crippen LogP) is 4.49. The molecule has 29 heavy (non-hydrogen) atoms. The Morgan fingerprint density at radius 2 is 2.03 bits per heavy atom. The van der Waals surface area contributed by atoms with Crippen molar-refractivity contribution in [1.82, 2.24) is 5.01 Å². The molecule has 0 unspecified atom stereocenters. The average Bonchev–Trinajstić information content (AvgIpc) is 3.14. The van der Waals surface area contributed by atoms with Gasteiger partial charge in [0.15, 0.2) is 0 Å². The summed E-state index contributed by atoms with van der Waals surface area (Å²) in [5, 5.41) is 7.00. The molecule has 5 heteroatoms. The lowest BCUT2D eigenvalue weighted by Crippen LogP contribution is -2.28. The van der Waals surface area contributed by atoms with E-state index in [-0.39, 0.29) is 17.9 Å². The number of allylic oxidation sites excluding steroid dienone is 1. The second kappa shape index (κ2) is 8.11. The van der Waals surface area contributed by atoms with Crippen molar-refractivity contribution in [1.29, 1.82) is 0 Å². The summed E-state index contributed by atoms with van der Waals surface area (Å²) in [6, 6.07) is 16.7. The molecule has 0 bridgehead atoms. The van der Waals surface area contributed by atoms with Crippen molar-refractivity contribution in [3.05, 3.63) is 77.0 Å². The highest BCUT2D eigenvalue weighted by Crippen LogP contribution is 2.45. The molecule has 0 spiro atoms. The quantitative estimate of drug-likeness (QED) is 0.558. The molecule has 0 radical (unpaired) electrons. The van der Waals surface area contributed by atoms with E-state index in [0.717, 1.165) is 30.0 Å². The molecule has 0 amide bonds. The number of esters is 1. The van der Waals surface area contributed by atoms with Gasteiger partial charge >= 0.3 is 5.97 Å². The summed E-state index contributed by atoms with van der Waals surface area (Å²) in [5.41, 5.74) is 5.51. The zero-order chi connectivity index (χ0) is 20.4. The summed E-state index contributed by atoms with van der Waals surface area (Å²) in [6.07, 6.45) is 3.52. The maximum absolute atomic E-state index is 12.0. The van der Waals surface area contributed by atoms with Gasteiger partial charge in [-0.05, 0) is 56.0 Å². The Kier molecular flexibility index (Phi) is 5.38. The fourth-order valence-corrected chi connectivity index (χ4v) is 4.33. The van der Waals surface area contributed by atoms with E-state index >= 15 is 0 Å². The monoisotopic (exact) mass is 390 g/mol. The topological polar surface area (TPSA) is 51.1 Å². The third-order valence-corrected chi connectivity index (χ3v) is 5.64. The summed E-state index contributed by atoms with van der Waals surface area (Å²) in [5.74, 6) is 0.802. The van der Waals surface area contributed by atoms with Crippen LogP contribution in [0.25, 0.3) is 0 Å². The third-order valence-electron chi connectivity index (χ3n) is 5.64. The van der Waals surface area contributed by atoms with E-state index in [1.54, 1.807) is 7.11 Å². The fourth-order valence-electron chi connectivity index (χ4n) is 4.33. The van der Waals surface area contributed by atoms with Crippen LogP contribution in [0.2, 0.25) is 0 Å². The molecule has 2 atom stereocenters. The summed E-state index contributed by atoms with van der Waals surface area (Å²) >= 11 is 0. The fraction of sp³-hybridized carbons (Fsp3) is 0.333. The minimum absolute atomic E-state index is 0.0622. The van der Waals surface area contributed by atoms with Crippen LogP contribution in [0.4, 0.5) is 0 Å². The highest BCUT2D eigenvalue weighted by molar-refractivity contribution is 6.06. The molecule has 4 rings (SSSR count). The number of hydrogen-bond donors (Lipinski definition) is 0. The van der Waals surface area contributed by atoms with Gasteiger partial charge in [0.2, 0.25) is 0 Å². The van der Waals surface area contributed by atoms with Crippen LogP contribution in [-0.2, 0) is 16.0 Å². The van der Waals surface area contributed by atoms with Crippen molar-refractivity contribution in [3.63, 3.8) is 0 Å². The van der Waals surface area contributed by atoms with E-state index in [4.69, 9.17) is 14.6 Å². The van der Waals surface area contributed by atoms with Crippen molar-refractivity contribution in [3.8, 4) is 5.75 Å². The number of aryl methyl sites for hydroxylation is 1. The standard InChI is InChI=1S/C24H26N2O3/c1-4-29-22(27)14-16(2)26-24(17-8-6-5-7-9-17)21-12-10-18-15-19(28-3)11-13-20(18)23(21)25-26/h5-9,11,13-15,21,24H,4,10,12H2,1-3H3/b16-14+/t21-,24+/m0/s1. The molecular weight excluding hydrogens is 364 g/mol. The van der Waals surface area contributed by atoms with Gasteiger partial charge in [0.1, 0.15) is 5.75 Å². The van der Waals surface area contributed by atoms with Gasteiger partial charge < -0.3 is 9.47 Å². The van der Waals surface area contributed by atoms with Crippen LogP contribution in [0.1, 0.15) is 43.0 Å². The van der Waals surface area contributed by atoms with Crippen molar-refractivity contribution < 1.29 is 14.3 Å².